The van der Waals surface area contributed by atoms with Crippen molar-refractivity contribution in [2.45, 2.75) is 6.92 Å². The van der Waals surface area contributed by atoms with Crippen LogP contribution in [-0.2, 0) is 7.05 Å². The maximum atomic E-state index is 12.1. The Kier molecular flexibility index (Phi) is 2.40. The van der Waals surface area contributed by atoms with Gasteiger partial charge in [0, 0.05) is 19.2 Å². The van der Waals surface area contributed by atoms with Gasteiger partial charge in [-0.3, -0.25) is 14.4 Å². The van der Waals surface area contributed by atoms with E-state index in [1.165, 1.54) is 0 Å². The summed E-state index contributed by atoms with van der Waals surface area (Å²) in [6.07, 6.45) is 0. The highest BCUT2D eigenvalue weighted by molar-refractivity contribution is 6.02. The molecular formula is C13H14N4O. The molecular weight excluding hydrogens is 228 g/mol. The number of amidine groups is 1. The van der Waals surface area contributed by atoms with E-state index in [4.69, 9.17) is 0 Å². The molecule has 0 unspecified atom stereocenters. The molecule has 0 radical (unpaired) electrons. The molecule has 0 fully saturated rings. The summed E-state index contributed by atoms with van der Waals surface area (Å²) >= 11 is 0. The van der Waals surface area contributed by atoms with E-state index in [1.807, 2.05) is 25.1 Å². The number of hydrogen-bond acceptors (Lipinski definition) is 4. The number of nitrogens with one attached hydrogen (secondary N) is 1. The largest absolute Gasteiger partial charge is 0.368 e. The van der Waals surface area contributed by atoms with E-state index in [2.05, 4.69) is 15.3 Å². The molecule has 1 N–H and O–H groups in total. The lowest BCUT2D eigenvalue weighted by Crippen LogP contribution is -2.22. The van der Waals surface area contributed by atoms with Crippen molar-refractivity contribution in [1.82, 2.24) is 14.9 Å². The van der Waals surface area contributed by atoms with Crippen LogP contribution >= 0.6 is 0 Å². The standard InChI is InChI=1S/C13H14N4O/c1-8-16-11-7-9(12-14-5-6-15-12)3-4-10(11)13(18)17(8)2/h3-4,7H,5-6H2,1-2H3,(H,14,15). The molecule has 1 aliphatic rings. The minimum atomic E-state index is -0.00892. The molecule has 0 spiro atoms. The lowest BCUT2D eigenvalue weighted by molar-refractivity contribution is 0.792. The van der Waals surface area contributed by atoms with Crippen molar-refractivity contribution in [3.05, 3.63) is 39.9 Å². The second kappa shape index (κ2) is 3.94. The van der Waals surface area contributed by atoms with Crippen molar-refractivity contribution in [1.29, 1.82) is 0 Å². The van der Waals surface area contributed by atoms with Crippen LogP contribution in [-0.4, -0.2) is 28.5 Å². The second-order valence-corrected chi connectivity index (χ2v) is 4.41. The number of aromatic nitrogens is 2. The number of rotatable bonds is 1. The fourth-order valence-corrected chi connectivity index (χ4v) is 2.12. The average molecular weight is 242 g/mol. The summed E-state index contributed by atoms with van der Waals surface area (Å²) in [5, 5.41) is 3.86. The Morgan fingerprint density at radius 3 is 2.94 bits per heavy atom. The summed E-state index contributed by atoms with van der Waals surface area (Å²) in [5.74, 6) is 1.60. The fourth-order valence-electron chi connectivity index (χ4n) is 2.12. The molecule has 5 nitrogen and oxygen atoms in total. The first-order valence-corrected chi connectivity index (χ1v) is 5.93. The summed E-state index contributed by atoms with van der Waals surface area (Å²) in [6.45, 7) is 3.51. The maximum Gasteiger partial charge on any atom is 0.261 e. The van der Waals surface area contributed by atoms with Crippen LogP contribution in [0.4, 0.5) is 0 Å². The first-order chi connectivity index (χ1) is 8.66. The Morgan fingerprint density at radius 2 is 2.22 bits per heavy atom. The SMILES string of the molecule is Cc1nc2cc(C3=NCCN3)ccc2c(=O)n1C. The lowest BCUT2D eigenvalue weighted by atomic mass is 10.1. The van der Waals surface area contributed by atoms with Gasteiger partial charge in [-0.1, -0.05) is 6.07 Å². The van der Waals surface area contributed by atoms with Crippen LogP contribution in [0.2, 0.25) is 0 Å². The highest BCUT2D eigenvalue weighted by Gasteiger charge is 2.11. The number of aryl methyl sites for hydroxylation is 1. The molecule has 18 heavy (non-hydrogen) atoms. The van der Waals surface area contributed by atoms with Crippen LogP contribution in [0.5, 0.6) is 0 Å². The van der Waals surface area contributed by atoms with Gasteiger partial charge in [0.1, 0.15) is 11.7 Å². The van der Waals surface area contributed by atoms with Gasteiger partial charge in [-0.15, -0.1) is 0 Å². The predicted molar refractivity (Wildman–Crippen MR) is 71.1 cm³/mol. The number of fused-ring (bicyclic) bond motifs is 1. The van der Waals surface area contributed by atoms with Gasteiger partial charge < -0.3 is 5.32 Å². The number of hydrogen-bond donors (Lipinski definition) is 1. The summed E-state index contributed by atoms with van der Waals surface area (Å²) in [7, 11) is 1.74. The minimum absolute atomic E-state index is 0.00892. The van der Waals surface area contributed by atoms with E-state index in [0.717, 1.165) is 30.0 Å². The van der Waals surface area contributed by atoms with Gasteiger partial charge in [0.05, 0.1) is 17.4 Å². The zero-order chi connectivity index (χ0) is 12.7. The van der Waals surface area contributed by atoms with Crippen molar-refractivity contribution in [2.75, 3.05) is 13.1 Å². The van der Waals surface area contributed by atoms with Crippen LogP contribution in [0, 0.1) is 6.92 Å². The molecule has 0 bridgehead atoms. The van der Waals surface area contributed by atoms with E-state index >= 15 is 0 Å². The fraction of sp³-hybridized carbons (Fsp3) is 0.308. The maximum absolute atomic E-state index is 12.1. The Morgan fingerprint density at radius 1 is 1.39 bits per heavy atom. The van der Waals surface area contributed by atoms with E-state index in [0.29, 0.717) is 11.2 Å². The van der Waals surface area contributed by atoms with Crippen LogP contribution < -0.4 is 10.9 Å². The van der Waals surface area contributed by atoms with Crippen LogP contribution in [0.3, 0.4) is 0 Å². The number of aliphatic imine (C=N–C) groups is 1. The van der Waals surface area contributed by atoms with Crippen molar-refractivity contribution >= 4 is 16.7 Å². The van der Waals surface area contributed by atoms with Crippen molar-refractivity contribution < 1.29 is 0 Å². The zero-order valence-corrected chi connectivity index (χ0v) is 10.4. The van der Waals surface area contributed by atoms with Crippen molar-refractivity contribution in [3.63, 3.8) is 0 Å². The first-order valence-electron chi connectivity index (χ1n) is 5.93. The lowest BCUT2D eigenvalue weighted by Gasteiger charge is -2.07. The van der Waals surface area contributed by atoms with Gasteiger partial charge in [0.25, 0.3) is 5.56 Å². The third-order valence-corrected chi connectivity index (χ3v) is 3.25. The van der Waals surface area contributed by atoms with E-state index in [9.17, 15) is 4.79 Å². The molecule has 0 saturated carbocycles. The van der Waals surface area contributed by atoms with Gasteiger partial charge in [-0.25, -0.2) is 4.98 Å². The molecule has 1 aliphatic heterocycles. The average Bonchev–Trinajstić information content (AvgIpc) is 2.89. The molecule has 0 aliphatic carbocycles. The number of nitrogens with zero attached hydrogens (tertiary/aromatic N) is 3. The smallest absolute Gasteiger partial charge is 0.261 e. The van der Waals surface area contributed by atoms with Crippen molar-refractivity contribution in [3.8, 4) is 0 Å². The summed E-state index contributed by atoms with van der Waals surface area (Å²) < 4.78 is 1.56. The summed E-state index contributed by atoms with van der Waals surface area (Å²) in [4.78, 5) is 20.9. The van der Waals surface area contributed by atoms with Crippen LogP contribution in [0.25, 0.3) is 10.9 Å². The summed E-state index contributed by atoms with van der Waals surface area (Å²) in [6, 6.07) is 5.65. The molecule has 1 aromatic carbocycles. The molecule has 5 heteroatoms. The van der Waals surface area contributed by atoms with E-state index in [-0.39, 0.29) is 5.56 Å². The first kappa shape index (κ1) is 11.0. The topological polar surface area (TPSA) is 59.3 Å². The third kappa shape index (κ3) is 1.59. The number of benzene rings is 1. The van der Waals surface area contributed by atoms with E-state index < -0.39 is 0 Å². The van der Waals surface area contributed by atoms with Gasteiger partial charge in [-0.05, 0) is 19.1 Å². The monoisotopic (exact) mass is 242 g/mol. The molecule has 1 aromatic heterocycles. The molecule has 3 rings (SSSR count). The Labute approximate surface area is 104 Å². The van der Waals surface area contributed by atoms with Crippen LogP contribution in [0.1, 0.15) is 11.4 Å². The highest BCUT2D eigenvalue weighted by Crippen LogP contribution is 2.12. The summed E-state index contributed by atoms with van der Waals surface area (Å²) in [5.41, 5.74) is 1.70. The van der Waals surface area contributed by atoms with Crippen molar-refractivity contribution in [2.24, 2.45) is 12.0 Å². The molecule has 0 atom stereocenters. The molecule has 0 saturated heterocycles. The Balaban J connectivity index is 2.24. The highest BCUT2D eigenvalue weighted by atomic mass is 16.1. The van der Waals surface area contributed by atoms with E-state index in [1.54, 1.807) is 11.6 Å². The van der Waals surface area contributed by atoms with Crippen LogP contribution in [0.15, 0.2) is 28.0 Å². The molecule has 2 heterocycles. The molecule has 2 aromatic rings. The third-order valence-electron chi connectivity index (χ3n) is 3.25. The Hall–Kier alpha value is -2.17. The minimum Gasteiger partial charge on any atom is -0.368 e. The van der Waals surface area contributed by atoms with Gasteiger partial charge in [0.2, 0.25) is 0 Å². The second-order valence-electron chi connectivity index (χ2n) is 4.41. The molecule has 0 amide bonds. The zero-order valence-electron chi connectivity index (χ0n) is 10.4. The molecule has 92 valence electrons. The van der Waals surface area contributed by atoms with Gasteiger partial charge >= 0.3 is 0 Å². The van der Waals surface area contributed by atoms with Gasteiger partial charge in [-0.2, -0.15) is 0 Å². The van der Waals surface area contributed by atoms with Gasteiger partial charge in [0.15, 0.2) is 0 Å². The predicted octanol–water partition coefficient (Wildman–Crippen LogP) is 0.592. The quantitative estimate of drug-likeness (QED) is 0.796. The normalized spacial score (nSPS) is 14.7. The Bertz CT molecular complexity index is 715.